The fourth-order valence-electron chi connectivity index (χ4n) is 3.06. The summed E-state index contributed by atoms with van der Waals surface area (Å²) in [6.07, 6.45) is 4.81. The summed E-state index contributed by atoms with van der Waals surface area (Å²) in [5.41, 5.74) is 6.43. The van der Waals surface area contributed by atoms with Gasteiger partial charge in [-0.05, 0) is 54.9 Å². The second kappa shape index (κ2) is 5.31. The van der Waals surface area contributed by atoms with Crippen LogP contribution in [0.25, 0.3) is 0 Å². The molecule has 106 valence electrons. The molecule has 2 aromatic rings. The molecule has 2 aliphatic carbocycles. The van der Waals surface area contributed by atoms with E-state index >= 15 is 0 Å². The summed E-state index contributed by atoms with van der Waals surface area (Å²) in [7, 11) is 0. The number of aliphatic imine (C=N–C) groups is 1. The van der Waals surface area contributed by atoms with Crippen LogP contribution in [0.2, 0.25) is 5.02 Å². The normalized spacial score (nSPS) is 19.0. The molecule has 2 heteroatoms. The summed E-state index contributed by atoms with van der Waals surface area (Å²) in [5.74, 6) is 0.801. The number of rotatable bonds is 2. The highest BCUT2D eigenvalue weighted by molar-refractivity contribution is 6.31. The molecule has 1 fully saturated rings. The van der Waals surface area contributed by atoms with Crippen LogP contribution in [0.3, 0.4) is 0 Å². The van der Waals surface area contributed by atoms with Crippen LogP contribution in [0, 0.1) is 5.92 Å². The average Bonchev–Trinajstić information content (AvgIpc) is 3.32. The summed E-state index contributed by atoms with van der Waals surface area (Å²) in [6.45, 7) is 0.954. The van der Waals surface area contributed by atoms with E-state index in [1.807, 2.05) is 6.07 Å². The molecule has 0 spiro atoms. The quantitative estimate of drug-likeness (QED) is 0.762. The lowest BCUT2D eigenvalue weighted by Crippen LogP contribution is -2.07. The maximum Gasteiger partial charge on any atom is 0.0725 e. The predicted molar refractivity (Wildman–Crippen MR) is 88.5 cm³/mol. The van der Waals surface area contributed by atoms with Crippen LogP contribution in [0.15, 0.2) is 47.5 Å². The van der Waals surface area contributed by atoms with E-state index in [1.165, 1.54) is 35.1 Å². The summed E-state index contributed by atoms with van der Waals surface area (Å²) < 4.78 is 0. The molecular weight excluding hydrogens is 278 g/mol. The van der Waals surface area contributed by atoms with Crippen LogP contribution in [-0.2, 0) is 12.8 Å². The van der Waals surface area contributed by atoms with E-state index < -0.39 is 0 Å². The first-order valence-corrected chi connectivity index (χ1v) is 8.10. The largest absolute Gasteiger partial charge is 0.284 e. The molecule has 0 atom stereocenters. The third-order valence-corrected chi connectivity index (χ3v) is 4.70. The summed E-state index contributed by atoms with van der Waals surface area (Å²) in [6, 6.07) is 14.9. The van der Waals surface area contributed by atoms with Crippen LogP contribution in [0.4, 0.5) is 0 Å². The minimum atomic E-state index is 0.798. The van der Waals surface area contributed by atoms with Crippen LogP contribution in [0.1, 0.15) is 35.1 Å². The van der Waals surface area contributed by atoms with Crippen molar-refractivity contribution in [2.75, 3.05) is 6.54 Å². The first kappa shape index (κ1) is 13.1. The molecule has 4 rings (SSSR count). The van der Waals surface area contributed by atoms with Gasteiger partial charge in [0.25, 0.3) is 0 Å². The Bertz CT molecular complexity index is 713. The highest BCUT2D eigenvalue weighted by Gasteiger charge is 2.23. The van der Waals surface area contributed by atoms with Crippen LogP contribution >= 0.6 is 11.6 Å². The third-order valence-electron chi connectivity index (χ3n) is 4.47. The van der Waals surface area contributed by atoms with Crippen molar-refractivity contribution in [3.05, 3.63) is 69.7 Å². The van der Waals surface area contributed by atoms with E-state index in [1.54, 1.807) is 0 Å². The van der Waals surface area contributed by atoms with Crippen molar-refractivity contribution in [3.63, 3.8) is 0 Å². The van der Waals surface area contributed by atoms with Crippen molar-refractivity contribution in [3.8, 4) is 0 Å². The molecule has 0 unspecified atom stereocenters. The Kier molecular flexibility index (Phi) is 3.31. The number of fused-ring (bicyclic) bond motifs is 2. The molecule has 2 aromatic carbocycles. The molecule has 0 N–H and O–H groups in total. The zero-order valence-electron chi connectivity index (χ0n) is 12.0. The minimum absolute atomic E-state index is 0.798. The fraction of sp³-hybridized carbons (Fsp3) is 0.316. The van der Waals surface area contributed by atoms with Gasteiger partial charge in [0.2, 0.25) is 0 Å². The lowest BCUT2D eigenvalue weighted by Gasteiger charge is -2.11. The molecule has 0 aliphatic heterocycles. The Labute approximate surface area is 130 Å². The predicted octanol–water partition coefficient (Wildman–Crippen LogP) is 4.69. The Morgan fingerprint density at radius 3 is 2.52 bits per heavy atom. The zero-order valence-corrected chi connectivity index (χ0v) is 12.7. The number of benzene rings is 2. The molecule has 2 aliphatic rings. The Hall–Kier alpha value is -1.60. The van der Waals surface area contributed by atoms with Crippen molar-refractivity contribution >= 4 is 17.3 Å². The second-order valence-electron chi connectivity index (χ2n) is 6.09. The maximum atomic E-state index is 6.24. The first-order chi connectivity index (χ1) is 10.3. The molecule has 1 nitrogen and oxygen atoms in total. The second-order valence-corrected chi connectivity index (χ2v) is 6.53. The van der Waals surface area contributed by atoms with Gasteiger partial charge in [-0.2, -0.15) is 0 Å². The molecular formula is C19H18ClN. The monoisotopic (exact) mass is 295 g/mol. The summed E-state index contributed by atoms with van der Waals surface area (Å²) in [4.78, 5) is 4.99. The molecule has 0 radical (unpaired) electrons. The van der Waals surface area contributed by atoms with E-state index in [0.717, 1.165) is 36.0 Å². The highest BCUT2D eigenvalue weighted by atomic mass is 35.5. The van der Waals surface area contributed by atoms with Gasteiger partial charge >= 0.3 is 0 Å². The SMILES string of the molecule is Clc1ccc2c(c1)/C(=N\CC1CC1)c1ccccc1CC2. The number of hydrogen-bond donors (Lipinski definition) is 0. The molecule has 0 amide bonds. The Morgan fingerprint density at radius 2 is 1.71 bits per heavy atom. The summed E-state index contributed by atoms with van der Waals surface area (Å²) in [5, 5.41) is 0.798. The molecule has 0 bridgehead atoms. The van der Waals surface area contributed by atoms with Gasteiger partial charge in [-0.25, -0.2) is 0 Å². The fourth-order valence-corrected chi connectivity index (χ4v) is 3.23. The van der Waals surface area contributed by atoms with E-state index in [-0.39, 0.29) is 0 Å². The van der Waals surface area contributed by atoms with Gasteiger partial charge in [0.05, 0.1) is 5.71 Å². The van der Waals surface area contributed by atoms with Crippen LogP contribution in [-0.4, -0.2) is 12.3 Å². The lowest BCUT2D eigenvalue weighted by atomic mass is 9.98. The number of hydrogen-bond acceptors (Lipinski definition) is 1. The van der Waals surface area contributed by atoms with E-state index in [9.17, 15) is 0 Å². The standard InChI is InChI=1S/C19H18ClN/c20-16-10-9-15-8-7-14-3-1-2-4-17(14)19(18(15)11-16)21-12-13-5-6-13/h1-4,9-11,13H,5-8,12H2/b21-19-. The van der Waals surface area contributed by atoms with E-state index in [2.05, 4.69) is 36.4 Å². The van der Waals surface area contributed by atoms with Gasteiger partial charge < -0.3 is 0 Å². The number of nitrogens with zero attached hydrogens (tertiary/aromatic N) is 1. The van der Waals surface area contributed by atoms with Crippen molar-refractivity contribution < 1.29 is 0 Å². The van der Waals surface area contributed by atoms with Crippen molar-refractivity contribution in [2.24, 2.45) is 10.9 Å². The zero-order chi connectivity index (χ0) is 14.2. The van der Waals surface area contributed by atoms with Crippen LogP contribution < -0.4 is 0 Å². The average molecular weight is 296 g/mol. The topological polar surface area (TPSA) is 12.4 Å². The molecule has 21 heavy (non-hydrogen) atoms. The van der Waals surface area contributed by atoms with Crippen LogP contribution in [0.5, 0.6) is 0 Å². The molecule has 0 aromatic heterocycles. The minimum Gasteiger partial charge on any atom is -0.284 e. The smallest absolute Gasteiger partial charge is 0.0725 e. The number of halogens is 1. The summed E-state index contributed by atoms with van der Waals surface area (Å²) >= 11 is 6.24. The van der Waals surface area contributed by atoms with Gasteiger partial charge in [0.1, 0.15) is 0 Å². The Balaban J connectivity index is 1.88. The first-order valence-electron chi connectivity index (χ1n) is 7.73. The van der Waals surface area contributed by atoms with Gasteiger partial charge in [-0.15, -0.1) is 0 Å². The molecule has 0 saturated heterocycles. The highest BCUT2D eigenvalue weighted by Crippen LogP contribution is 2.31. The Morgan fingerprint density at radius 1 is 0.952 bits per heavy atom. The lowest BCUT2D eigenvalue weighted by molar-refractivity contribution is 0.849. The van der Waals surface area contributed by atoms with Crippen molar-refractivity contribution in [1.29, 1.82) is 0 Å². The third kappa shape index (κ3) is 2.63. The van der Waals surface area contributed by atoms with Gasteiger partial charge in [0, 0.05) is 22.7 Å². The molecule has 1 saturated carbocycles. The number of aryl methyl sites for hydroxylation is 2. The van der Waals surface area contributed by atoms with E-state index in [0.29, 0.717) is 0 Å². The van der Waals surface area contributed by atoms with E-state index in [4.69, 9.17) is 16.6 Å². The maximum absolute atomic E-state index is 6.24. The molecule has 0 heterocycles. The van der Waals surface area contributed by atoms with Gasteiger partial charge in [-0.3, -0.25) is 4.99 Å². The van der Waals surface area contributed by atoms with Crippen molar-refractivity contribution in [2.45, 2.75) is 25.7 Å². The van der Waals surface area contributed by atoms with Gasteiger partial charge in [-0.1, -0.05) is 41.9 Å². The van der Waals surface area contributed by atoms with Gasteiger partial charge in [0.15, 0.2) is 0 Å². The van der Waals surface area contributed by atoms with Crippen molar-refractivity contribution in [1.82, 2.24) is 0 Å².